The molecule has 0 radical (unpaired) electrons. The number of morpholine rings is 1. The first-order chi connectivity index (χ1) is 19.6. The zero-order chi connectivity index (χ0) is 29.4. The summed E-state index contributed by atoms with van der Waals surface area (Å²) in [6.07, 6.45) is 1.55. The van der Waals surface area contributed by atoms with Crippen molar-refractivity contribution in [3.05, 3.63) is 52.0 Å². The summed E-state index contributed by atoms with van der Waals surface area (Å²) in [4.78, 5) is 44.3. The summed E-state index contributed by atoms with van der Waals surface area (Å²) in [7, 11) is -3.93. The predicted octanol–water partition coefficient (Wildman–Crippen LogP) is 1.13. The normalized spacial score (nSPS) is 24.0. The molecule has 2 aromatic rings. The van der Waals surface area contributed by atoms with Crippen LogP contribution in [0, 0.1) is 5.92 Å². The third-order valence-electron chi connectivity index (χ3n) is 7.03. The number of carbonyl (C=O) groups excluding carboxylic acids is 3. The molecule has 2 bridgehead atoms. The number of carbonyl (C=O) groups is 3. The van der Waals surface area contributed by atoms with Crippen LogP contribution in [0.3, 0.4) is 0 Å². The maximum Gasteiger partial charge on any atom is 0.280 e. The Kier molecular flexibility index (Phi) is 10.8. The minimum atomic E-state index is -3.93. The van der Waals surface area contributed by atoms with Crippen LogP contribution in [0.4, 0.5) is 0 Å². The van der Waals surface area contributed by atoms with Gasteiger partial charge in [0.25, 0.3) is 16.1 Å². The maximum atomic E-state index is 13.5. The van der Waals surface area contributed by atoms with E-state index in [1.54, 1.807) is 5.38 Å². The molecule has 4 rings (SSSR count). The summed E-state index contributed by atoms with van der Waals surface area (Å²) in [5.41, 5.74) is 1.05. The quantitative estimate of drug-likeness (QED) is 0.384. The number of aromatic nitrogens is 1. The zero-order valence-corrected chi connectivity index (χ0v) is 24.9. The molecule has 0 spiro atoms. The van der Waals surface area contributed by atoms with Gasteiger partial charge >= 0.3 is 0 Å². The van der Waals surface area contributed by atoms with Gasteiger partial charge in [0.2, 0.25) is 11.8 Å². The number of amides is 3. The van der Waals surface area contributed by atoms with Gasteiger partial charge in [-0.1, -0.05) is 44.2 Å². The minimum absolute atomic E-state index is 0.0898. The number of thiazole rings is 1. The van der Waals surface area contributed by atoms with Crippen molar-refractivity contribution in [2.24, 2.45) is 5.92 Å². The first kappa shape index (κ1) is 31.0. The molecule has 1 fully saturated rings. The molecular formula is C27H38N6O6S2. The molecule has 3 amide bonds. The number of nitrogens with zero attached hydrogens (tertiary/aromatic N) is 2. The SMILES string of the molecule is CC(C)[C@H]1NC(=O)[C@@H](NS(=O)(=O)N2CCOCC2)CCCCNC(=O)[C@@H](Cc2ccccc2)NC(=O)c2csc1n2. The number of hydrogen-bond acceptors (Lipinski definition) is 8. The van der Waals surface area contributed by atoms with Crippen LogP contribution in [-0.4, -0.2) is 80.4 Å². The Morgan fingerprint density at radius 2 is 1.80 bits per heavy atom. The summed E-state index contributed by atoms with van der Waals surface area (Å²) in [5, 5.41) is 10.8. The Bertz CT molecular complexity index is 1300. The van der Waals surface area contributed by atoms with Gasteiger partial charge in [0.05, 0.1) is 19.3 Å². The molecular weight excluding hydrogens is 568 g/mol. The van der Waals surface area contributed by atoms with Crippen molar-refractivity contribution in [2.45, 2.75) is 57.7 Å². The maximum absolute atomic E-state index is 13.5. The van der Waals surface area contributed by atoms with Gasteiger partial charge in [-0.15, -0.1) is 11.3 Å². The molecule has 2 aliphatic heterocycles. The van der Waals surface area contributed by atoms with E-state index in [1.165, 1.54) is 15.6 Å². The van der Waals surface area contributed by atoms with E-state index in [-0.39, 0.29) is 50.2 Å². The Hall–Kier alpha value is -2.91. The Morgan fingerprint density at radius 1 is 1.07 bits per heavy atom. The number of benzene rings is 1. The van der Waals surface area contributed by atoms with E-state index in [9.17, 15) is 22.8 Å². The molecule has 4 N–H and O–H groups in total. The lowest BCUT2D eigenvalue weighted by molar-refractivity contribution is -0.124. The topological polar surface area (TPSA) is 159 Å². The second kappa shape index (κ2) is 14.3. The molecule has 1 saturated heterocycles. The fraction of sp³-hybridized carbons (Fsp3) is 0.556. The number of fused-ring (bicyclic) bond motifs is 2. The van der Waals surface area contributed by atoms with E-state index in [1.807, 2.05) is 44.2 Å². The fourth-order valence-electron chi connectivity index (χ4n) is 4.69. The lowest BCUT2D eigenvalue weighted by Crippen LogP contribution is -2.54. The summed E-state index contributed by atoms with van der Waals surface area (Å²) >= 11 is 1.23. The van der Waals surface area contributed by atoms with Crippen molar-refractivity contribution >= 4 is 39.3 Å². The fourth-order valence-corrected chi connectivity index (χ4v) is 7.07. The van der Waals surface area contributed by atoms with Gasteiger partial charge in [0, 0.05) is 31.4 Å². The largest absolute Gasteiger partial charge is 0.379 e. The monoisotopic (exact) mass is 606 g/mol. The number of ether oxygens (including phenoxy) is 1. The molecule has 3 atom stereocenters. The van der Waals surface area contributed by atoms with Crippen molar-refractivity contribution in [1.29, 1.82) is 0 Å². The second-order valence-electron chi connectivity index (χ2n) is 10.5. The van der Waals surface area contributed by atoms with Gasteiger partial charge in [-0.3, -0.25) is 14.4 Å². The van der Waals surface area contributed by atoms with Gasteiger partial charge in [-0.05, 0) is 30.7 Å². The van der Waals surface area contributed by atoms with Crippen LogP contribution in [0.1, 0.15) is 60.2 Å². The van der Waals surface area contributed by atoms with Crippen LogP contribution >= 0.6 is 11.3 Å². The zero-order valence-electron chi connectivity index (χ0n) is 23.3. The first-order valence-electron chi connectivity index (χ1n) is 13.9. The van der Waals surface area contributed by atoms with Crippen molar-refractivity contribution in [3.8, 4) is 0 Å². The molecule has 14 heteroatoms. The average Bonchev–Trinajstić information content (AvgIpc) is 3.45. The van der Waals surface area contributed by atoms with Crippen LogP contribution < -0.4 is 20.7 Å². The molecule has 12 nitrogen and oxygen atoms in total. The van der Waals surface area contributed by atoms with Crippen molar-refractivity contribution < 1.29 is 27.5 Å². The average molecular weight is 607 g/mol. The highest BCUT2D eigenvalue weighted by atomic mass is 32.2. The van der Waals surface area contributed by atoms with E-state index in [0.29, 0.717) is 30.8 Å². The first-order valence-corrected chi connectivity index (χ1v) is 16.2. The highest BCUT2D eigenvalue weighted by Crippen LogP contribution is 2.26. The Balaban J connectivity index is 1.57. The van der Waals surface area contributed by atoms with Crippen LogP contribution in [0.25, 0.3) is 0 Å². The van der Waals surface area contributed by atoms with E-state index < -0.39 is 40.1 Å². The standard InChI is InChI=1S/C27H38N6O6S2/c1-18(2)23-27-30-22(17-40-27)26(36)29-21(16-19-8-4-3-5-9-19)24(34)28-11-7-6-10-20(25(35)31-23)32-41(37,38)33-12-14-39-15-13-33/h3-5,8-9,17-18,20-21,23,32H,6-7,10-16H2,1-2H3,(H,28,34)(H,29,36)(H,31,35)/t20-,21+,23+/m0/s1. The van der Waals surface area contributed by atoms with E-state index >= 15 is 0 Å². The molecule has 41 heavy (non-hydrogen) atoms. The third-order valence-corrected chi connectivity index (χ3v) is 9.58. The molecule has 1 aromatic heterocycles. The van der Waals surface area contributed by atoms with Crippen LogP contribution in [0.15, 0.2) is 35.7 Å². The van der Waals surface area contributed by atoms with Gasteiger partial charge in [-0.25, -0.2) is 4.98 Å². The number of rotatable bonds is 6. The lowest BCUT2D eigenvalue weighted by atomic mass is 10.0. The summed E-state index contributed by atoms with van der Waals surface area (Å²) in [6, 6.07) is 7.05. The van der Waals surface area contributed by atoms with Gasteiger partial charge in [-0.2, -0.15) is 17.4 Å². The van der Waals surface area contributed by atoms with E-state index in [4.69, 9.17) is 4.74 Å². The van der Waals surface area contributed by atoms with E-state index in [0.717, 1.165) is 5.56 Å². The molecule has 224 valence electrons. The molecule has 2 aliphatic rings. The smallest absolute Gasteiger partial charge is 0.280 e. The molecule has 1 aromatic carbocycles. The van der Waals surface area contributed by atoms with E-state index in [2.05, 4.69) is 25.7 Å². The molecule has 0 unspecified atom stereocenters. The lowest BCUT2D eigenvalue weighted by Gasteiger charge is -2.29. The molecule has 0 saturated carbocycles. The van der Waals surface area contributed by atoms with Crippen LogP contribution in [0.2, 0.25) is 0 Å². The highest BCUT2D eigenvalue weighted by molar-refractivity contribution is 7.87. The highest BCUT2D eigenvalue weighted by Gasteiger charge is 2.33. The van der Waals surface area contributed by atoms with Gasteiger partial charge in [0.1, 0.15) is 22.8 Å². The number of hydrogen-bond donors (Lipinski definition) is 4. The summed E-state index contributed by atoms with van der Waals surface area (Å²) in [6.45, 7) is 5.13. The number of nitrogens with one attached hydrogen (secondary N) is 4. The van der Waals surface area contributed by atoms with Crippen LogP contribution in [0.5, 0.6) is 0 Å². The van der Waals surface area contributed by atoms with Gasteiger partial charge < -0.3 is 20.7 Å². The van der Waals surface area contributed by atoms with Crippen molar-refractivity contribution in [3.63, 3.8) is 0 Å². The molecule has 0 aliphatic carbocycles. The predicted molar refractivity (Wildman–Crippen MR) is 154 cm³/mol. The van der Waals surface area contributed by atoms with Crippen LogP contribution in [-0.2, 0) is 31.0 Å². The second-order valence-corrected chi connectivity index (χ2v) is 13.1. The summed E-state index contributed by atoms with van der Waals surface area (Å²) in [5.74, 6) is -1.37. The minimum Gasteiger partial charge on any atom is -0.379 e. The summed E-state index contributed by atoms with van der Waals surface area (Å²) < 4.78 is 35.4. The van der Waals surface area contributed by atoms with Crippen molar-refractivity contribution in [1.82, 2.24) is 30.0 Å². The Labute approximate surface area is 244 Å². The third kappa shape index (κ3) is 8.55. The van der Waals surface area contributed by atoms with Crippen molar-refractivity contribution in [2.75, 3.05) is 32.8 Å². The van der Waals surface area contributed by atoms with Gasteiger partial charge in [0.15, 0.2) is 0 Å². The molecule has 3 heterocycles. The Morgan fingerprint density at radius 3 is 2.51 bits per heavy atom.